The molecule has 1 aromatic carbocycles. The van der Waals surface area contributed by atoms with Crippen molar-refractivity contribution in [1.82, 2.24) is 0 Å². The molecule has 0 aliphatic carbocycles. The van der Waals surface area contributed by atoms with Crippen LogP contribution in [0.4, 0.5) is 4.39 Å². The van der Waals surface area contributed by atoms with Crippen LogP contribution in [0, 0.1) is 15.3 Å². The summed E-state index contributed by atoms with van der Waals surface area (Å²) in [6.07, 6.45) is -0.197. The van der Waals surface area contributed by atoms with Crippen molar-refractivity contribution in [3.05, 3.63) is 45.7 Å². The van der Waals surface area contributed by atoms with Gasteiger partial charge in [-0.2, -0.15) is 0 Å². The minimum atomic E-state index is -1.75. The maximum absolute atomic E-state index is 12.5. The Bertz CT molecular complexity index is 301. The van der Waals surface area contributed by atoms with Crippen LogP contribution in [0.1, 0.15) is 0 Å². The monoisotopic (exact) mass is 233 g/mol. The number of halogens is 1. The zero-order valence-corrected chi connectivity index (χ0v) is 9.49. The van der Waals surface area contributed by atoms with Crippen molar-refractivity contribution >= 4 is 12.6 Å². The third-order valence-corrected chi connectivity index (χ3v) is 4.05. The Kier molecular flexibility index (Phi) is 5.79. The van der Waals surface area contributed by atoms with Gasteiger partial charge in [0.05, 0.1) is 31.0 Å². The van der Waals surface area contributed by atoms with Gasteiger partial charge in [0.2, 0.25) is 0 Å². The molecule has 0 unspecified atom stereocenters. The number of rotatable bonds is 2. The van der Waals surface area contributed by atoms with Crippen LogP contribution in [0.2, 0.25) is 0 Å². The summed E-state index contributed by atoms with van der Waals surface area (Å²) in [5.74, 6) is 0. The molecule has 0 N–H and O–H groups in total. The summed E-state index contributed by atoms with van der Waals surface area (Å²) in [5.41, 5.74) is 0. The highest BCUT2D eigenvalue weighted by atomic mass is 31.2. The molecular weight excluding hydrogens is 220 g/mol. The van der Waals surface area contributed by atoms with Gasteiger partial charge in [-0.1, -0.05) is 18.2 Å². The Morgan fingerprint density at radius 3 is 2.00 bits per heavy atom. The van der Waals surface area contributed by atoms with Gasteiger partial charge in [0.1, 0.15) is 0 Å². The van der Waals surface area contributed by atoms with Crippen molar-refractivity contribution in [2.24, 2.45) is 0 Å². The van der Waals surface area contributed by atoms with Crippen LogP contribution in [0.3, 0.4) is 0 Å². The summed E-state index contributed by atoms with van der Waals surface area (Å²) in [4.78, 5) is 8.25. The predicted octanol–water partition coefficient (Wildman–Crippen LogP) is 2.28. The van der Waals surface area contributed by atoms with Crippen LogP contribution in [-0.4, -0.2) is 24.8 Å². The smallest absolute Gasteiger partial charge is 0.199 e. The second-order valence-corrected chi connectivity index (χ2v) is 7.49. The van der Waals surface area contributed by atoms with Crippen LogP contribution in [-0.2, 0) is 0 Å². The maximum atomic E-state index is 12.5. The lowest BCUT2D eigenvalue weighted by molar-refractivity contribution is -0.402. The van der Waals surface area contributed by atoms with Gasteiger partial charge in [0.25, 0.3) is 0 Å². The topological polar surface area (TPSA) is 66.2 Å². The highest BCUT2D eigenvalue weighted by molar-refractivity contribution is 7.81. The van der Waals surface area contributed by atoms with Gasteiger partial charge in [-0.3, -0.25) is 0 Å². The Morgan fingerprint density at radius 1 is 1.27 bits per heavy atom. The van der Waals surface area contributed by atoms with Gasteiger partial charge < -0.3 is 15.3 Å². The SMILES string of the molecule is C[P+](C)(CF)c1ccccc1.O=[N+]([O-])[O-]. The first-order chi connectivity index (χ1) is 6.90. The Labute approximate surface area is 88.2 Å². The number of nitrogens with zero attached hydrogens (tertiary/aromatic N) is 1. The van der Waals surface area contributed by atoms with Gasteiger partial charge in [0.15, 0.2) is 6.42 Å². The Hall–Kier alpha value is -1.22. The van der Waals surface area contributed by atoms with Crippen molar-refractivity contribution in [2.45, 2.75) is 0 Å². The second kappa shape index (κ2) is 6.30. The fourth-order valence-electron chi connectivity index (χ4n) is 0.901. The minimum Gasteiger partial charge on any atom is -0.356 e. The van der Waals surface area contributed by atoms with Gasteiger partial charge >= 0.3 is 0 Å². The van der Waals surface area contributed by atoms with Gasteiger partial charge in [-0.25, -0.2) is 4.39 Å². The van der Waals surface area contributed by atoms with E-state index in [9.17, 15) is 4.39 Å². The van der Waals surface area contributed by atoms with Crippen LogP contribution in [0.25, 0.3) is 0 Å². The van der Waals surface area contributed by atoms with Crippen molar-refractivity contribution < 1.29 is 9.48 Å². The average molecular weight is 233 g/mol. The van der Waals surface area contributed by atoms with Crippen molar-refractivity contribution in [2.75, 3.05) is 19.7 Å². The molecule has 84 valence electrons. The zero-order chi connectivity index (χ0) is 11.9. The number of benzene rings is 1. The van der Waals surface area contributed by atoms with E-state index in [1.807, 2.05) is 43.7 Å². The lowest BCUT2D eigenvalue weighted by Crippen LogP contribution is -2.09. The summed E-state index contributed by atoms with van der Waals surface area (Å²) >= 11 is 0. The lowest BCUT2D eigenvalue weighted by atomic mass is 10.4. The highest BCUT2D eigenvalue weighted by Gasteiger charge is 2.27. The lowest BCUT2D eigenvalue weighted by Gasteiger charge is -2.12. The summed E-state index contributed by atoms with van der Waals surface area (Å²) in [6.45, 7) is 4.03. The number of hydrogen-bond donors (Lipinski definition) is 0. The molecule has 6 heteroatoms. The van der Waals surface area contributed by atoms with Crippen LogP contribution < -0.4 is 5.30 Å². The minimum absolute atomic E-state index is 0.197. The molecule has 4 nitrogen and oxygen atoms in total. The molecule has 0 saturated heterocycles. The van der Waals surface area contributed by atoms with Gasteiger partial charge in [-0.15, -0.1) is 0 Å². The van der Waals surface area contributed by atoms with Crippen molar-refractivity contribution in [3.8, 4) is 0 Å². The number of alkyl halides is 1. The van der Waals surface area contributed by atoms with E-state index >= 15 is 0 Å². The van der Waals surface area contributed by atoms with Crippen LogP contribution in [0.15, 0.2) is 30.3 Å². The fraction of sp³-hybridized carbons (Fsp3) is 0.333. The van der Waals surface area contributed by atoms with E-state index in [0.29, 0.717) is 0 Å². The summed E-state index contributed by atoms with van der Waals surface area (Å²) in [7, 11) is -1.44. The van der Waals surface area contributed by atoms with Gasteiger partial charge in [-0.05, 0) is 12.1 Å². The quantitative estimate of drug-likeness (QED) is 0.447. The molecule has 0 aliphatic heterocycles. The van der Waals surface area contributed by atoms with E-state index in [1.54, 1.807) is 0 Å². The molecule has 1 rings (SSSR count). The van der Waals surface area contributed by atoms with E-state index < -0.39 is 12.3 Å². The molecule has 15 heavy (non-hydrogen) atoms. The van der Waals surface area contributed by atoms with E-state index in [-0.39, 0.29) is 6.42 Å². The maximum Gasteiger partial charge on any atom is 0.199 e. The number of hydrogen-bond acceptors (Lipinski definition) is 3. The molecule has 0 spiro atoms. The highest BCUT2D eigenvalue weighted by Crippen LogP contribution is 2.49. The van der Waals surface area contributed by atoms with Crippen molar-refractivity contribution in [1.29, 1.82) is 0 Å². The van der Waals surface area contributed by atoms with Gasteiger partial charge in [0, 0.05) is 0 Å². The molecule has 0 fully saturated rings. The Balaban J connectivity index is 0.000000423. The molecular formula is C9H13FNO3P. The molecule has 0 heterocycles. The summed E-state index contributed by atoms with van der Waals surface area (Å²) < 4.78 is 12.5. The fourth-order valence-corrected chi connectivity index (χ4v) is 2.02. The zero-order valence-electron chi connectivity index (χ0n) is 8.59. The molecule has 0 aliphatic rings. The standard InChI is InChI=1S/C9H13FP.NO3/c1-11(2,8-10)9-6-4-3-5-7-9;2-1(3)4/h3-7H,8H2,1-2H3;/q+1;-1. The van der Waals surface area contributed by atoms with Crippen LogP contribution in [0.5, 0.6) is 0 Å². The first-order valence-corrected chi connectivity index (χ1v) is 7.03. The molecule has 0 saturated carbocycles. The summed E-state index contributed by atoms with van der Waals surface area (Å²) in [6, 6.07) is 9.90. The molecule has 0 bridgehead atoms. The molecule has 1 aromatic rings. The summed E-state index contributed by atoms with van der Waals surface area (Å²) in [5, 5.41) is 15.9. The molecule has 0 aromatic heterocycles. The first kappa shape index (κ1) is 13.8. The van der Waals surface area contributed by atoms with E-state index in [1.165, 1.54) is 5.30 Å². The van der Waals surface area contributed by atoms with Crippen LogP contribution >= 0.6 is 7.26 Å². The third-order valence-electron chi connectivity index (χ3n) is 1.75. The molecule has 0 atom stereocenters. The van der Waals surface area contributed by atoms with E-state index in [0.717, 1.165) is 0 Å². The first-order valence-electron chi connectivity index (χ1n) is 4.16. The van der Waals surface area contributed by atoms with E-state index in [4.69, 9.17) is 15.3 Å². The van der Waals surface area contributed by atoms with E-state index in [2.05, 4.69) is 0 Å². The normalized spacial score (nSPS) is 10.1. The Morgan fingerprint density at radius 2 is 1.67 bits per heavy atom. The largest absolute Gasteiger partial charge is 0.356 e. The third kappa shape index (κ3) is 5.96. The molecule has 0 amide bonds. The molecule has 0 radical (unpaired) electrons. The predicted molar refractivity (Wildman–Crippen MR) is 61.2 cm³/mol. The second-order valence-electron chi connectivity index (χ2n) is 3.36. The van der Waals surface area contributed by atoms with Crippen molar-refractivity contribution in [3.63, 3.8) is 0 Å². The average Bonchev–Trinajstić information content (AvgIpc) is 2.18.